The predicted molar refractivity (Wildman–Crippen MR) is 163 cm³/mol. The fraction of sp³-hybridized carbons (Fsp3) is 0.323. The molecule has 0 spiro atoms. The number of ketones is 1. The number of Topliss-reactive ketones (excluding diaryl/α,β-unsaturated/α-hetero) is 1. The number of piperidine rings is 1. The van der Waals surface area contributed by atoms with Crippen molar-refractivity contribution < 1.29 is 4.79 Å². The van der Waals surface area contributed by atoms with Crippen LogP contribution in [0.2, 0.25) is 10.0 Å². The van der Waals surface area contributed by atoms with E-state index in [2.05, 4.69) is 21.8 Å². The van der Waals surface area contributed by atoms with E-state index in [4.69, 9.17) is 33.9 Å². The number of allylic oxidation sites excluding steroid dienone is 1. The van der Waals surface area contributed by atoms with Gasteiger partial charge in [-0.15, -0.1) is 0 Å². The Labute approximate surface area is 239 Å². The summed E-state index contributed by atoms with van der Waals surface area (Å²) in [6.45, 7) is 9.68. The van der Waals surface area contributed by atoms with Gasteiger partial charge in [0.05, 0.1) is 28.7 Å². The molecule has 3 N–H and O–H groups in total. The van der Waals surface area contributed by atoms with Crippen LogP contribution in [0.15, 0.2) is 66.1 Å². The van der Waals surface area contributed by atoms with Crippen LogP contribution in [0.4, 0.5) is 5.69 Å². The summed E-state index contributed by atoms with van der Waals surface area (Å²) in [6, 6.07) is 10.0. The first-order chi connectivity index (χ1) is 18.7. The molecule has 1 saturated carbocycles. The summed E-state index contributed by atoms with van der Waals surface area (Å²) >= 11 is 12.9. The summed E-state index contributed by atoms with van der Waals surface area (Å²) in [5.74, 6) is 1.07. The second-order valence-corrected chi connectivity index (χ2v) is 11.2. The van der Waals surface area contributed by atoms with E-state index in [1.54, 1.807) is 18.5 Å². The molecule has 3 aromatic rings. The molecule has 5 rings (SSSR count). The number of pyridine rings is 1. The van der Waals surface area contributed by atoms with Crippen LogP contribution < -0.4 is 11.1 Å². The number of nitrogens with one attached hydrogen (secondary N) is 1. The lowest BCUT2D eigenvalue weighted by Gasteiger charge is -2.31. The molecule has 39 heavy (non-hydrogen) atoms. The number of hydrogen-bond donors (Lipinski definition) is 2. The third-order valence-corrected chi connectivity index (χ3v) is 8.36. The van der Waals surface area contributed by atoms with E-state index in [0.717, 1.165) is 72.2 Å². The Morgan fingerprint density at radius 3 is 2.46 bits per heavy atom. The molecule has 1 aliphatic heterocycles. The number of nitrogens with two attached hydrogens (primary N) is 1. The number of amidine groups is 1. The van der Waals surface area contributed by atoms with Gasteiger partial charge in [-0.2, -0.15) is 0 Å². The lowest BCUT2D eigenvalue weighted by Crippen LogP contribution is -2.41. The number of carbonyl (C=O) groups is 1. The van der Waals surface area contributed by atoms with Gasteiger partial charge in [-0.25, -0.2) is 4.99 Å². The van der Waals surface area contributed by atoms with Crippen molar-refractivity contribution in [2.75, 3.05) is 18.4 Å². The maximum absolute atomic E-state index is 13.3. The van der Waals surface area contributed by atoms with Gasteiger partial charge < -0.3 is 16.0 Å². The monoisotopic (exact) mass is 561 g/mol. The minimum Gasteiger partial charge on any atom is -0.360 e. The van der Waals surface area contributed by atoms with Crippen LogP contribution in [0.1, 0.15) is 48.5 Å². The highest BCUT2D eigenvalue weighted by atomic mass is 35.5. The molecule has 0 bridgehead atoms. The number of fused-ring (bicyclic) bond motifs is 1. The number of hydrogen-bond acceptors (Lipinski definition) is 5. The van der Waals surface area contributed by atoms with Crippen molar-refractivity contribution in [3.8, 4) is 11.1 Å². The van der Waals surface area contributed by atoms with E-state index in [1.165, 1.54) is 0 Å². The van der Waals surface area contributed by atoms with Crippen molar-refractivity contribution in [2.45, 2.75) is 45.6 Å². The molecule has 1 aromatic heterocycles. The van der Waals surface area contributed by atoms with E-state index >= 15 is 0 Å². The molecule has 0 radical (unpaired) electrons. The Hall–Kier alpha value is -3.19. The molecule has 2 aliphatic rings. The summed E-state index contributed by atoms with van der Waals surface area (Å²) in [6.07, 6.45) is 8.88. The maximum Gasteiger partial charge on any atom is 0.169 e. The summed E-state index contributed by atoms with van der Waals surface area (Å²) in [5.41, 5.74) is 11.4. The van der Waals surface area contributed by atoms with Gasteiger partial charge in [0.25, 0.3) is 0 Å². The second-order valence-electron chi connectivity index (χ2n) is 10.4. The molecule has 1 saturated heterocycles. The van der Waals surface area contributed by atoms with E-state index in [0.29, 0.717) is 27.0 Å². The number of carbonyl (C=O) groups excluding carboxylic acids is 1. The van der Waals surface area contributed by atoms with Gasteiger partial charge in [0.2, 0.25) is 0 Å². The number of nitrogens with zero attached hydrogens (tertiary/aromatic N) is 3. The first-order valence-corrected chi connectivity index (χ1v) is 14.1. The quantitative estimate of drug-likeness (QED) is 0.136. The van der Waals surface area contributed by atoms with Gasteiger partial charge in [-0.05, 0) is 86.6 Å². The molecule has 0 amide bonds. The van der Waals surface area contributed by atoms with Crippen LogP contribution in [0.25, 0.3) is 22.0 Å². The van der Waals surface area contributed by atoms with Crippen molar-refractivity contribution >= 4 is 51.4 Å². The standard InChI is InChI=1S/C31H33Cl2N5O/c1-4-24(16-35-19(3)38-11-9-23(34)10-12-38)37-30-25-13-21(22-14-27(32)18(2)28(33)15-22)7-8-29(25)36-17-26(30)31(39)20-5-6-20/h4,7-8,13-17,20,23H,1,5-6,9-12,34H2,2-3H3,(H,36,37)/b24-16+,35-19?. The Balaban J connectivity index is 1.56. The molecule has 8 heteroatoms. The topological polar surface area (TPSA) is 83.6 Å². The zero-order chi connectivity index (χ0) is 27.7. The van der Waals surface area contributed by atoms with E-state index in [1.807, 2.05) is 44.2 Å². The minimum atomic E-state index is 0.0459. The first-order valence-electron chi connectivity index (χ1n) is 13.3. The lowest BCUT2D eigenvalue weighted by molar-refractivity contribution is 0.0968. The first kappa shape index (κ1) is 27.4. The van der Waals surface area contributed by atoms with E-state index in [9.17, 15) is 4.79 Å². The molecule has 202 valence electrons. The van der Waals surface area contributed by atoms with Crippen molar-refractivity contribution in [1.82, 2.24) is 9.88 Å². The molecule has 2 fully saturated rings. The van der Waals surface area contributed by atoms with Gasteiger partial charge in [0.15, 0.2) is 5.78 Å². The smallest absolute Gasteiger partial charge is 0.169 e. The number of halogens is 2. The fourth-order valence-electron chi connectivity index (χ4n) is 4.82. The third-order valence-electron chi connectivity index (χ3n) is 7.57. The van der Waals surface area contributed by atoms with Crippen molar-refractivity contribution in [3.05, 3.63) is 82.3 Å². The molecule has 0 unspecified atom stereocenters. The van der Waals surface area contributed by atoms with E-state index in [-0.39, 0.29) is 17.7 Å². The number of likely N-dealkylation sites (tertiary alicyclic amines) is 1. The number of benzene rings is 2. The average molecular weight is 563 g/mol. The Morgan fingerprint density at radius 2 is 1.82 bits per heavy atom. The van der Waals surface area contributed by atoms with Crippen molar-refractivity contribution in [3.63, 3.8) is 0 Å². The maximum atomic E-state index is 13.3. The number of rotatable bonds is 7. The van der Waals surface area contributed by atoms with Crippen molar-refractivity contribution in [2.24, 2.45) is 16.6 Å². The van der Waals surface area contributed by atoms with Gasteiger partial charge in [0.1, 0.15) is 5.84 Å². The van der Waals surface area contributed by atoms with Gasteiger partial charge in [-0.1, -0.05) is 35.8 Å². The molecular formula is C31H33Cl2N5O. The Morgan fingerprint density at radius 1 is 1.13 bits per heavy atom. The van der Waals surface area contributed by atoms with Crippen LogP contribution in [0, 0.1) is 12.8 Å². The van der Waals surface area contributed by atoms with Gasteiger partial charge >= 0.3 is 0 Å². The van der Waals surface area contributed by atoms with Crippen LogP contribution in [-0.4, -0.2) is 40.6 Å². The second kappa shape index (κ2) is 11.5. The van der Waals surface area contributed by atoms with Crippen LogP contribution in [0.3, 0.4) is 0 Å². The Bertz CT molecular complexity index is 1480. The number of anilines is 1. The van der Waals surface area contributed by atoms with Gasteiger partial charge in [0, 0.05) is 46.7 Å². The predicted octanol–water partition coefficient (Wildman–Crippen LogP) is 7.39. The summed E-state index contributed by atoms with van der Waals surface area (Å²) in [7, 11) is 0. The minimum absolute atomic E-state index is 0.0459. The summed E-state index contributed by atoms with van der Waals surface area (Å²) in [4.78, 5) is 24.9. The highest BCUT2D eigenvalue weighted by molar-refractivity contribution is 6.36. The number of aromatic nitrogens is 1. The largest absolute Gasteiger partial charge is 0.360 e. The summed E-state index contributed by atoms with van der Waals surface area (Å²) in [5, 5.41) is 5.50. The highest BCUT2D eigenvalue weighted by Gasteiger charge is 2.32. The zero-order valence-corrected chi connectivity index (χ0v) is 23.8. The fourth-order valence-corrected chi connectivity index (χ4v) is 5.31. The lowest BCUT2D eigenvalue weighted by atomic mass is 9.98. The van der Waals surface area contributed by atoms with Crippen LogP contribution in [0.5, 0.6) is 0 Å². The number of aliphatic imine (C=N–C) groups is 1. The van der Waals surface area contributed by atoms with Gasteiger partial charge in [-0.3, -0.25) is 9.78 Å². The summed E-state index contributed by atoms with van der Waals surface area (Å²) < 4.78 is 0. The van der Waals surface area contributed by atoms with Crippen LogP contribution >= 0.6 is 23.2 Å². The molecular weight excluding hydrogens is 529 g/mol. The highest BCUT2D eigenvalue weighted by Crippen LogP contribution is 2.39. The molecule has 2 heterocycles. The third kappa shape index (κ3) is 6.03. The van der Waals surface area contributed by atoms with E-state index < -0.39 is 0 Å². The Kier molecular flexibility index (Phi) is 8.08. The molecule has 1 aliphatic carbocycles. The molecule has 2 aromatic carbocycles. The zero-order valence-electron chi connectivity index (χ0n) is 22.3. The SMILES string of the molecule is C=C/C(=C\N=C(C)N1CCC(N)CC1)Nc1c(C(=O)C2CC2)cnc2ccc(-c3cc(Cl)c(C)c(Cl)c3)cc12. The normalized spacial score (nSPS) is 17.0. The van der Waals surface area contributed by atoms with Crippen LogP contribution in [-0.2, 0) is 0 Å². The van der Waals surface area contributed by atoms with Crippen molar-refractivity contribution in [1.29, 1.82) is 0 Å². The average Bonchev–Trinajstić information content (AvgIpc) is 3.79. The molecule has 6 nitrogen and oxygen atoms in total. The molecule has 0 atom stereocenters.